The summed E-state index contributed by atoms with van der Waals surface area (Å²) in [6, 6.07) is 6.73. The summed E-state index contributed by atoms with van der Waals surface area (Å²) in [5, 5.41) is 2.32. The van der Waals surface area contributed by atoms with Crippen LogP contribution in [0.15, 0.2) is 24.3 Å². The Kier molecular flexibility index (Phi) is 4.41. The molecule has 0 saturated heterocycles. The molecule has 5 nitrogen and oxygen atoms in total. The third kappa shape index (κ3) is 3.78. The van der Waals surface area contributed by atoms with Gasteiger partial charge in [-0.3, -0.25) is 4.79 Å². The van der Waals surface area contributed by atoms with Gasteiger partial charge < -0.3 is 15.6 Å². The van der Waals surface area contributed by atoms with Crippen LogP contribution >= 0.6 is 0 Å². The first-order chi connectivity index (χ1) is 7.13. The van der Waals surface area contributed by atoms with Crippen molar-refractivity contribution in [3.8, 4) is 0 Å². The molecule has 0 saturated carbocycles. The normalized spacial score (nSPS) is 12.1. The molecule has 1 rings (SSSR count). The van der Waals surface area contributed by atoms with E-state index < -0.39 is 11.1 Å². The lowest BCUT2D eigenvalue weighted by atomic mass is 10.1. The molecule has 1 aromatic carbocycles. The monoisotopic (exact) mass is 228 g/mol. The lowest BCUT2D eigenvalue weighted by molar-refractivity contribution is 0.0959. The lowest BCUT2D eigenvalue weighted by Crippen LogP contribution is -2.26. The summed E-state index contributed by atoms with van der Waals surface area (Å²) < 4.78 is 18.8. The highest BCUT2D eigenvalue weighted by molar-refractivity contribution is 7.79. The number of carbonyl (C=O) groups is 1. The number of benzene rings is 1. The summed E-state index contributed by atoms with van der Waals surface area (Å²) >= 11 is -2.02. The summed E-state index contributed by atoms with van der Waals surface area (Å²) in [4.78, 5) is 11.4. The maximum absolute atomic E-state index is 11.4. The SMILES string of the molecule is NCc1ccc(C(=O)NCS(=O)O)cc1. The molecule has 1 atom stereocenters. The topological polar surface area (TPSA) is 92.4 Å². The van der Waals surface area contributed by atoms with Crippen LogP contribution in [0.3, 0.4) is 0 Å². The molecule has 0 spiro atoms. The first kappa shape index (κ1) is 11.8. The van der Waals surface area contributed by atoms with Crippen LogP contribution in [0.1, 0.15) is 15.9 Å². The number of carbonyl (C=O) groups excluding carboxylic acids is 1. The lowest BCUT2D eigenvalue weighted by Gasteiger charge is -2.03. The van der Waals surface area contributed by atoms with E-state index in [0.717, 1.165) is 5.56 Å². The minimum absolute atomic E-state index is 0.266. The molecule has 82 valence electrons. The van der Waals surface area contributed by atoms with Gasteiger partial charge in [-0.05, 0) is 17.7 Å². The quantitative estimate of drug-likeness (QED) is 0.635. The van der Waals surface area contributed by atoms with Gasteiger partial charge in [-0.2, -0.15) is 0 Å². The Morgan fingerprint density at radius 1 is 1.40 bits per heavy atom. The zero-order valence-corrected chi connectivity index (χ0v) is 8.79. The van der Waals surface area contributed by atoms with Crippen LogP contribution < -0.4 is 11.1 Å². The fourth-order valence-corrected chi connectivity index (χ4v) is 1.28. The van der Waals surface area contributed by atoms with Crippen LogP contribution in [0, 0.1) is 0 Å². The Morgan fingerprint density at radius 3 is 2.47 bits per heavy atom. The molecular formula is C9H12N2O3S. The molecule has 0 bridgehead atoms. The maximum atomic E-state index is 11.4. The van der Waals surface area contributed by atoms with Crippen molar-refractivity contribution in [2.45, 2.75) is 6.54 Å². The molecule has 1 unspecified atom stereocenters. The highest BCUT2D eigenvalue weighted by Gasteiger charge is 2.05. The summed E-state index contributed by atoms with van der Waals surface area (Å²) in [5.74, 6) is -0.640. The molecule has 0 fully saturated rings. The zero-order valence-electron chi connectivity index (χ0n) is 7.97. The molecule has 1 amide bonds. The fourth-order valence-electron chi connectivity index (χ4n) is 1.02. The molecule has 1 aromatic rings. The van der Waals surface area contributed by atoms with Gasteiger partial charge in [0.2, 0.25) is 0 Å². The average Bonchev–Trinajstić information content (AvgIpc) is 2.26. The summed E-state index contributed by atoms with van der Waals surface area (Å²) in [6.45, 7) is 0.419. The van der Waals surface area contributed by atoms with E-state index >= 15 is 0 Å². The largest absolute Gasteiger partial charge is 0.338 e. The van der Waals surface area contributed by atoms with Gasteiger partial charge in [0.25, 0.3) is 5.91 Å². The minimum atomic E-state index is -2.02. The number of nitrogens with two attached hydrogens (primary N) is 1. The van der Waals surface area contributed by atoms with Gasteiger partial charge in [0.1, 0.15) is 5.88 Å². The summed E-state index contributed by atoms with van der Waals surface area (Å²) in [7, 11) is 0. The Balaban J connectivity index is 2.62. The van der Waals surface area contributed by atoms with Crippen LogP contribution in [0.25, 0.3) is 0 Å². The van der Waals surface area contributed by atoms with Crippen LogP contribution in [0.2, 0.25) is 0 Å². The smallest absolute Gasteiger partial charge is 0.252 e. The second kappa shape index (κ2) is 5.59. The second-order valence-corrected chi connectivity index (χ2v) is 3.80. The fraction of sp³-hybridized carbons (Fsp3) is 0.222. The van der Waals surface area contributed by atoms with Crippen molar-refractivity contribution in [1.82, 2.24) is 5.32 Å². The average molecular weight is 228 g/mol. The molecule has 6 heteroatoms. The maximum Gasteiger partial charge on any atom is 0.252 e. The predicted octanol–water partition coefficient (Wildman–Crippen LogP) is 0.0543. The van der Waals surface area contributed by atoms with E-state index in [9.17, 15) is 9.00 Å². The third-order valence-corrected chi connectivity index (χ3v) is 2.20. The van der Waals surface area contributed by atoms with Gasteiger partial charge in [-0.25, -0.2) is 4.21 Å². The van der Waals surface area contributed by atoms with E-state index in [2.05, 4.69) is 5.32 Å². The predicted molar refractivity (Wildman–Crippen MR) is 57.4 cm³/mol. The molecule has 0 aliphatic carbocycles. The molecule has 15 heavy (non-hydrogen) atoms. The molecule has 0 aliphatic rings. The van der Waals surface area contributed by atoms with Gasteiger partial charge in [0.05, 0.1) is 0 Å². The number of hydrogen-bond acceptors (Lipinski definition) is 3. The van der Waals surface area contributed by atoms with E-state index in [1.807, 2.05) is 0 Å². The van der Waals surface area contributed by atoms with Crippen molar-refractivity contribution in [2.24, 2.45) is 5.73 Å². The number of rotatable bonds is 4. The van der Waals surface area contributed by atoms with E-state index in [0.29, 0.717) is 12.1 Å². The number of nitrogens with one attached hydrogen (secondary N) is 1. The Bertz CT molecular complexity index is 364. The molecule has 0 heterocycles. The molecule has 0 aromatic heterocycles. The van der Waals surface area contributed by atoms with Crippen molar-refractivity contribution < 1.29 is 13.6 Å². The summed E-state index contributed by atoms with van der Waals surface area (Å²) in [6.07, 6.45) is 0. The van der Waals surface area contributed by atoms with Gasteiger partial charge in [-0.15, -0.1) is 0 Å². The van der Waals surface area contributed by atoms with E-state index in [1.54, 1.807) is 24.3 Å². The number of amides is 1. The van der Waals surface area contributed by atoms with E-state index in [-0.39, 0.29) is 11.8 Å². The molecule has 4 N–H and O–H groups in total. The van der Waals surface area contributed by atoms with Crippen LogP contribution in [-0.4, -0.2) is 20.5 Å². The number of hydrogen-bond donors (Lipinski definition) is 3. The summed E-state index contributed by atoms with van der Waals surface area (Å²) in [5.41, 5.74) is 6.77. The van der Waals surface area contributed by atoms with E-state index in [4.69, 9.17) is 10.3 Å². The Hall–Kier alpha value is -1.24. The highest BCUT2D eigenvalue weighted by Crippen LogP contribution is 2.03. The second-order valence-electron chi connectivity index (χ2n) is 2.87. The van der Waals surface area contributed by atoms with Crippen molar-refractivity contribution in [3.05, 3.63) is 35.4 Å². The van der Waals surface area contributed by atoms with Gasteiger partial charge in [0.15, 0.2) is 11.1 Å². The van der Waals surface area contributed by atoms with Crippen LogP contribution in [0.5, 0.6) is 0 Å². The van der Waals surface area contributed by atoms with Crippen LogP contribution in [0.4, 0.5) is 0 Å². The van der Waals surface area contributed by atoms with Gasteiger partial charge in [-0.1, -0.05) is 12.1 Å². The van der Waals surface area contributed by atoms with E-state index in [1.165, 1.54) is 0 Å². The van der Waals surface area contributed by atoms with Crippen molar-refractivity contribution in [1.29, 1.82) is 0 Å². The minimum Gasteiger partial charge on any atom is -0.338 e. The van der Waals surface area contributed by atoms with Crippen molar-refractivity contribution in [3.63, 3.8) is 0 Å². The van der Waals surface area contributed by atoms with Gasteiger partial charge in [0, 0.05) is 12.1 Å². The first-order valence-corrected chi connectivity index (χ1v) is 5.55. The van der Waals surface area contributed by atoms with Gasteiger partial charge >= 0.3 is 0 Å². The van der Waals surface area contributed by atoms with Crippen molar-refractivity contribution >= 4 is 17.0 Å². The molecule has 0 radical (unpaired) electrons. The highest BCUT2D eigenvalue weighted by atomic mass is 32.2. The Morgan fingerprint density at radius 2 is 2.00 bits per heavy atom. The zero-order chi connectivity index (χ0) is 11.3. The van der Waals surface area contributed by atoms with Crippen molar-refractivity contribution in [2.75, 3.05) is 5.88 Å². The molecular weight excluding hydrogens is 216 g/mol. The third-order valence-electron chi connectivity index (χ3n) is 1.81. The first-order valence-electron chi connectivity index (χ1n) is 4.28. The molecule has 0 aliphatic heterocycles. The Labute approximate surface area is 90.0 Å². The standard InChI is InChI=1S/C9H12N2O3S/c10-5-7-1-3-8(4-2-7)9(12)11-6-15(13)14/h1-4H,5-6,10H2,(H,11,12)(H,13,14). The van der Waals surface area contributed by atoms with Crippen LogP contribution in [-0.2, 0) is 17.6 Å².